The lowest BCUT2D eigenvalue weighted by Crippen LogP contribution is -2.45. The van der Waals surface area contributed by atoms with Crippen molar-refractivity contribution >= 4 is 30.5 Å². The number of hydrogen-bond donors (Lipinski definition) is 2. The van der Waals surface area contributed by atoms with Gasteiger partial charge in [0, 0.05) is 62.6 Å². The van der Waals surface area contributed by atoms with Crippen molar-refractivity contribution < 1.29 is 5.11 Å². The molecule has 1 saturated heterocycles. The highest BCUT2D eigenvalue weighted by molar-refractivity contribution is 5.85. The monoisotopic (exact) mass is 389 g/mol. The quantitative estimate of drug-likeness (QED) is 0.659. The number of phenolic OH excluding ortho intramolecular Hbond substituents is 1. The average Bonchev–Trinajstić information content (AvgIpc) is 2.59. The third-order valence-corrected chi connectivity index (χ3v) is 4.74. The average molecular weight is 390 g/mol. The molecule has 0 aromatic heterocycles. The molecule has 0 amide bonds. The zero-order valence-electron chi connectivity index (χ0n) is 15.4. The molecular formula is C19H33Cl2N3O. The van der Waals surface area contributed by atoms with Gasteiger partial charge in [-0.1, -0.05) is 12.1 Å². The Hall–Kier alpha value is -0.940. The van der Waals surface area contributed by atoms with Crippen LogP contribution in [0.3, 0.4) is 0 Å². The minimum absolute atomic E-state index is 0. The van der Waals surface area contributed by atoms with Crippen LogP contribution in [0, 0.1) is 0 Å². The first-order chi connectivity index (χ1) is 11.2. The van der Waals surface area contributed by atoms with E-state index in [4.69, 9.17) is 0 Å². The minimum atomic E-state index is 0. The molecule has 6 heteroatoms. The Morgan fingerprint density at radius 3 is 2.40 bits per heavy atom. The van der Waals surface area contributed by atoms with Gasteiger partial charge in [0.2, 0.25) is 0 Å². The van der Waals surface area contributed by atoms with Crippen LogP contribution in [0.2, 0.25) is 0 Å². The highest BCUT2D eigenvalue weighted by Gasteiger charge is 2.24. The van der Waals surface area contributed by atoms with Crippen LogP contribution in [0.15, 0.2) is 30.9 Å². The number of benzene rings is 1. The molecule has 1 atom stereocenters. The van der Waals surface area contributed by atoms with E-state index in [2.05, 4.69) is 47.7 Å². The Bertz CT molecular complexity index is 503. The van der Waals surface area contributed by atoms with Gasteiger partial charge in [-0.2, -0.15) is 0 Å². The van der Waals surface area contributed by atoms with E-state index in [1.165, 1.54) is 0 Å². The van der Waals surface area contributed by atoms with Crippen LogP contribution in [0.25, 0.3) is 0 Å². The van der Waals surface area contributed by atoms with Gasteiger partial charge >= 0.3 is 0 Å². The number of allylic oxidation sites excluding steroid dienone is 1. The predicted octanol–water partition coefficient (Wildman–Crippen LogP) is 3.99. The molecule has 2 N–H and O–H groups in total. The largest absolute Gasteiger partial charge is 0.508 e. The highest BCUT2D eigenvalue weighted by Crippen LogP contribution is 2.35. The maximum Gasteiger partial charge on any atom is 0.122 e. The Morgan fingerprint density at radius 1 is 1.24 bits per heavy atom. The molecule has 2 rings (SSSR count). The number of hydrogen-bond acceptors (Lipinski definition) is 4. The standard InChI is InChI=1S/C19H31N3O.2ClH/c1-4-7-8-18(22-13-11-20-12-14-22)17-10-9-16(15-19(17)23)21(5-2)6-3;;/h4,9-10,15,18,20,23H,1,5-8,11-14H2,2-3H3;2*1H/t18-;;/m0../s1. The van der Waals surface area contributed by atoms with Gasteiger partial charge < -0.3 is 15.3 Å². The van der Waals surface area contributed by atoms with E-state index in [-0.39, 0.29) is 30.9 Å². The van der Waals surface area contributed by atoms with Crippen molar-refractivity contribution in [2.75, 3.05) is 44.2 Å². The number of halogens is 2. The number of aromatic hydroxyl groups is 1. The van der Waals surface area contributed by atoms with Gasteiger partial charge in [-0.05, 0) is 32.8 Å². The van der Waals surface area contributed by atoms with Gasteiger partial charge in [0.25, 0.3) is 0 Å². The molecule has 1 aromatic carbocycles. The zero-order valence-corrected chi connectivity index (χ0v) is 17.0. The molecule has 1 fully saturated rings. The zero-order chi connectivity index (χ0) is 16.7. The first kappa shape index (κ1) is 24.1. The maximum absolute atomic E-state index is 10.6. The van der Waals surface area contributed by atoms with Gasteiger partial charge in [-0.25, -0.2) is 0 Å². The number of piperazine rings is 1. The highest BCUT2D eigenvalue weighted by atomic mass is 35.5. The van der Waals surface area contributed by atoms with E-state index in [9.17, 15) is 5.11 Å². The summed E-state index contributed by atoms with van der Waals surface area (Å²) < 4.78 is 0. The normalized spacial score (nSPS) is 15.6. The van der Waals surface area contributed by atoms with Crippen molar-refractivity contribution in [1.29, 1.82) is 0 Å². The third-order valence-electron chi connectivity index (χ3n) is 4.74. The fourth-order valence-corrected chi connectivity index (χ4v) is 3.40. The van der Waals surface area contributed by atoms with Crippen LogP contribution < -0.4 is 10.2 Å². The minimum Gasteiger partial charge on any atom is -0.508 e. The van der Waals surface area contributed by atoms with Crippen LogP contribution in [0.5, 0.6) is 5.75 Å². The molecule has 1 aromatic rings. The van der Waals surface area contributed by atoms with Crippen LogP contribution in [-0.2, 0) is 0 Å². The first-order valence-electron chi connectivity index (χ1n) is 8.84. The van der Waals surface area contributed by atoms with Crippen LogP contribution in [-0.4, -0.2) is 49.3 Å². The summed E-state index contributed by atoms with van der Waals surface area (Å²) in [5, 5.41) is 14.0. The van der Waals surface area contributed by atoms with Crippen molar-refractivity contribution in [2.24, 2.45) is 0 Å². The fraction of sp³-hybridized carbons (Fsp3) is 0.579. The Balaban J connectivity index is 0.00000288. The van der Waals surface area contributed by atoms with Gasteiger partial charge in [-0.15, -0.1) is 31.4 Å². The summed E-state index contributed by atoms with van der Waals surface area (Å²) >= 11 is 0. The second-order valence-electron chi connectivity index (χ2n) is 6.08. The summed E-state index contributed by atoms with van der Waals surface area (Å²) in [5.41, 5.74) is 2.14. The molecule has 1 aliphatic rings. The molecule has 0 unspecified atom stereocenters. The van der Waals surface area contributed by atoms with E-state index >= 15 is 0 Å². The van der Waals surface area contributed by atoms with E-state index in [1.54, 1.807) is 0 Å². The number of anilines is 1. The summed E-state index contributed by atoms with van der Waals surface area (Å²) in [6.45, 7) is 14.1. The molecule has 0 aliphatic carbocycles. The SMILES string of the molecule is C=CCC[C@@H](c1ccc(N(CC)CC)cc1O)N1CCNCC1.Cl.Cl. The van der Waals surface area contributed by atoms with Crippen LogP contribution in [0.1, 0.15) is 38.3 Å². The van der Waals surface area contributed by atoms with Crippen molar-refractivity contribution in [2.45, 2.75) is 32.7 Å². The molecule has 1 heterocycles. The van der Waals surface area contributed by atoms with Gasteiger partial charge in [0.05, 0.1) is 0 Å². The van der Waals surface area contributed by atoms with Crippen molar-refractivity contribution in [1.82, 2.24) is 10.2 Å². The van der Waals surface area contributed by atoms with E-state index in [0.29, 0.717) is 5.75 Å². The lowest BCUT2D eigenvalue weighted by atomic mass is 9.98. The molecule has 0 radical (unpaired) electrons. The summed E-state index contributed by atoms with van der Waals surface area (Å²) in [6.07, 6.45) is 3.93. The second-order valence-corrected chi connectivity index (χ2v) is 6.08. The van der Waals surface area contributed by atoms with Crippen molar-refractivity contribution in [3.8, 4) is 5.75 Å². The number of phenols is 1. The predicted molar refractivity (Wildman–Crippen MR) is 113 cm³/mol. The molecule has 0 bridgehead atoms. The third kappa shape index (κ3) is 6.37. The van der Waals surface area contributed by atoms with Crippen LogP contribution in [0.4, 0.5) is 5.69 Å². The first-order valence-corrected chi connectivity index (χ1v) is 8.84. The Morgan fingerprint density at radius 2 is 1.88 bits per heavy atom. The Kier molecular flexibility index (Phi) is 12.0. The summed E-state index contributed by atoms with van der Waals surface area (Å²) in [7, 11) is 0. The molecular weight excluding hydrogens is 357 g/mol. The van der Waals surface area contributed by atoms with E-state index < -0.39 is 0 Å². The maximum atomic E-state index is 10.6. The molecule has 144 valence electrons. The van der Waals surface area contributed by atoms with Crippen molar-refractivity contribution in [3.05, 3.63) is 36.4 Å². The molecule has 0 spiro atoms. The van der Waals surface area contributed by atoms with Crippen molar-refractivity contribution in [3.63, 3.8) is 0 Å². The van der Waals surface area contributed by atoms with Gasteiger partial charge in [-0.3, -0.25) is 4.90 Å². The smallest absolute Gasteiger partial charge is 0.122 e. The van der Waals surface area contributed by atoms with Gasteiger partial charge in [0.1, 0.15) is 5.75 Å². The topological polar surface area (TPSA) is 38.7 Å². The Labute approximate surface area is 165 Å². The molecule has 25 heavy (non-hydrogen) atoms. The molecule has 4 nitrogen and oxygen atoms in total. The number of nitrogens with one attached hydrogen (secondary N) is 1. The van der Waals surface area contributed by atoms with E-state index in [1.807, 2.05) is 12.1 Å². The molecule has 1 aliphatic heterocycles. The van der Waals surface area contributed by atoms with Crippen LogP contribution >= 0.6 is 24.8 Å². The van der Waals surface area contributed by atoms with Gasteiger partial charge in [0.15, 0.2) is 0 Å². The fourth-order valence-electron chi connectivity index (χ4n) is 3.40. The molecule has 0 saturated carbocycles. The lowest BCUT2D eigenvalue weighted by molar-refractivity contribution is 0.163. The summed E-state index contributed by atoms with van der Waals surface area (Å²) in [4.78, 5) is 4.74. The second kappa shape index (κ2) is 12.4. The number of nitrogens with zero attached hydrogens (tertiary/aromatic N) is 2. The number of rotatable bonds is 8. The lowest BCUT2D eigenvalue weighted by Gasteiger charge is -2.35. The summed E-state index contributed by atoms with van der Waals surface area (Å²) in [6, 6.07) is 6.44. The summed E-state index contributed by atoms with van der Waals surface area (Å²) in [5.74, 6) is 0.419. The van der Waals surface area contributed by atoms with E-state index in [0.717, 1.165) is 63.4 Å².